The molecule has 1 unspecified atom stereocenters. The highest BCUT2D eigenvalue weighted by atomic mass is 32.2. The Morgan fingerprint density at radius 1 is 1.40 bits per heavy atom. The van der Waals surface area contributed by atoms with Gasteiger partial charge in [-0.2, -0.15) is 0 Å². The van der Waals surface area contributed by atoms with E-state index in [4.69, 9.17) is 0 Å². The Morgan fingerprint density at radius 3 is 2.90 bits per heavy atom. The van der Waals surface area contributed by atoms with Crippen molar-refractivity contribution in [3.63, 3.8) is 0 Å². The first-order valence-electron chi connectivity index (χ1n) is 2.62. The number of hydrogen-bond acceptors (Lipinski definition) is 3. The van der Waals surface area contributed by atoms with Gasteiger partial charge in [-0.05, 0) is 12.2 Å². The summed E-state index contributed by atoms with van der Waals surface area (Å²) in [6, 6.07) is 0. The molecule has 1 heterocycles. The maximum Gasteiger partial charge on any atom is 0.309 e. The Morgan fingerprint density at radius 2 is 2.20 bits per heavy atom. The van der Waals surface area contributed by atoms with Crippen molar-refractivity contribution < 1.29 is 9.90 Å². The molecule has 0 fully saturated rings. The molecule has 52 valence electrons. The number of carbonyl (C=O) groups is 1. The van der Waals surface area contributed by atoms with Gasteiger partial charge >= 0.3 is 5.30 Å². The average molecular weight is 155 g/mol. The number of allylic oxidation sites excluding steroid dienone is 3. The Bertz CT molecular complexity index is 204. The van der Waals surface area contributed by atoms with Crippen LogP contribution in [0.2, 0.25) is 0 Å². The molecule has 3 nitrogen and oxygen atoms in total. The van der Waals surface area contributed by atoms with E-state index in [1.165, 1.54) is 11.6 Å². The van der Waals surface area contributed by atoms with E-state index in [1.54, 1.807) is 18.2 Å². The second kappa shape index (κ2) is 3.22. The van der Waals surface area contributed by atoms with Crippen molar-refractivity contribution >= 4 is 22.6 Å². The maximum atomic E-state index is 10.2. The van der Waals surface area contributed by atoms with E-state index < -0.39 is 16.4 Å². The predicted molar refractivity (Wildman–Crippen MR) is 39.5 cm³/mol. The van der Waals surface area contributed by atoms with Crippen molar-refractivity contribution in [2.24, 2.45) is 4.40 Å². The third-order valence-electron chi connectivity index (χ3n) is 0.861. The Kier molecular flexibility index (Phi) is 2.28. The van der Waals surface area contributed by atoms with Gasteiger partial charge in [-0.25, -0.2) is 0 Å². The molecule has 1 atom stereocenters. The summed E-state index contributed by atoms with van der Waals surface area (Å²) in [6.07, 6.45) is 6.50. The minimum absolute atomic E-state index is 1.08. The summed E-state index contributed by atoms with van der Waals surface area (Å²) in [5, 5.41) is 10.6. The van der Waals surface area contributed by atoms with E-state index in [0.717, 1.165) is 0 Å². The van der Waals surface area contributed by atoms with Crippen molar-refractivity contribution in [2.75, 3.05) is 0 Å². The van der Waals surface area contributed by atoms with Gasteiger partial charge < -0.3 is 9.90 Å². The molecule has 0 amide bonds. The predicted octanol–water partition coefficient (Wildman–Crippen LogP) is 0.0173. The molecular weight excluding hydrogens is 150 g/mol. The molecule has 0 N–H and O–H groups in total. The molecule has 0 saturated heterocycles. The summed E-state index contributed by atoms with van der Waals surface area (Å²) in [7, 11) is 0. The summed E-state index contributed by atoms with van der Waals surface area (Å²) >= 11 is -1.08. The van der Waals surface area contributed by atoms with Crippen LogP contribution in [0.5, 0.6) is 0 Å². The Hall–Kier alpha value is -1.03. The molecule has 0 aromatic carbocycles. The molecule has 0 aromatic heterocycles. The maximum absolute atomic E-state index is 10.2. The quantitative estimate of drug-likeness (QED) is 0.463. The number of carboxylic acid groups (broad SMARTS) is 1. The summed E-state index contributed by atoms with van der Waals surface area (Å²) < 4.78 is 3.69. The monoisotopic (exact) mass is 155 g/mol. The second-order valence-electron chi connectivity index (χ2n) is 1.53. The summed E-state index contributed by atoms with van der Waals surface area (Å²) in [6.45, 7) is 0. The molecule has 1 aliphatic heterocycles. The molecule has 0 spiro atoms. The van der Waals surface area contributed by atoms with Crippen LogP contribution >= 0.6 is 0 Å². The summed E-state index contributed by atoms with van der Waals surface area (Å²) in [5.41, 5.74) is 0. The van der Waals surface area contributed by atoms with E-state index in [1.807, 2.05) is 0 Å². The molecule has 0 bridgehead atoms. The highest BCUT2D eigenvalue weighted by Gasteiger charge is 2.15. The average Bonchev–Trinajstić information content (AvgIpc) is 2.12. The second-order valence-corrected chi connectivity index (χ2v) is 2.98. The van der Waals surface area contributed by atoms with Gasteiger partial charge in [0, 0.05) is 0 Å². The van der Waals surface area contributed by atoms with Crippen molar-refractivity contribution in [1.82, 2.24) is 0 Å². The van der Waals surface area contributed by atoms with Gasteiger partial charge in [-0.1, -0.05) is 10.5 Å². The van der Waals surface area contributed by atoms with Crippen LogP contribution < -0.4 is 5.11 Å². The fourth-order valence-corrected chi connectivity index (χ4v) is 1.18. The Labute approximate surface area is 61.3 Å². The highest BCUT2D eigenvalue weighted by molar-refractivity contribution is 8.11. The lowest BCUT2D eigenvalue weighted by Gasteiger charge is -1.90. The van der Waals surface area contributed by atoms with Gasteiger partial charge in [0.05, 0.1) is 6.21 Å². The Balaban J connectivity index is 2.72. The van der Waals surface area contributed by atoms with Gasteiger partial charge in [0.15, 0.2) is 5.41 Å². The van der Waals surface area contributed by atoms with Gasteiger partial charge in [0.2, 0.25) is 11.1 Å². The molecule has 10 heavy (non-hydrogen) atoms. The van der Waals surface area contributed by atoms with Crippen molar-refractivity contribution in [1.29, 1.82) is 0 Å². The zero-order valence-corrected chi connectivity index (χ0v) is 5.88. The zero-order valence-electron chi connectivity index (χ0n) is 5.06. The third-order valence-corrected chi connectivity index (χ3v) is 1.97. The van der Waals surface area contributed by atoms with Crippen LogP contribution in [0.15, 0.2) is 28.0 Å². The lowest BCUT2D eigenvalue weighted by Crippen LogP contribution is -2.27. The van der Waals surface area contributed by atoms with Crippen LogP contribution in [0, 0.1) is 0 Å². The van der Waals surface area contributed by atoms with Crippen molar-refractivity contribution in [3.05, 3.63) is 23.6 Å². The van der Waals surface area contributed by atoms with Gasteiger partial charge in [-0.3, -0.25) is 0 Å². The molecule has 4 heteroatoms. The van der Waals surface area contributed by atoms with Crippen LogP contribution in [0.3, 0.4) is 0 Å². The first-order valence-corrected chi connectivity index (χ1v) is 3.87. The van der Waals surface area contributed by atoms with Gasteiger partial charge in [0.25, 0.3) is 0 Å². The van der Waals surface area contributed by atoms with Crippen LogP contribution in [0.4, 0.5) is 4.79 Å². The molecule has 1 aliphatic rings. The van der Waals surface area contributed by atoms with Crippen LogP contribution in [0.1, 0.15) is 0 Å². The SMILES string of the molecule is O=C([O-])[S+]1C=CC=CC=N1. The normalized spacial score (nSPS) is 22.6. The fraction of sp³-hybridized carbons (Fsp3) is 0. The van der Waals surface area contributed by atoms with Crippen molar-refractivity contribution in [3.8, 4) is 0 Å². The summed E-state index contributed by atoms with van der Waals surface area (Å²) in [4.78, 5) is 10.2. The van der Waals surface area contributed by atoms with Crippen molar-refractivity contribution in [2.45, 2.75) is 0 Å². The first kappa shape index (κ1) is 7.08. The lowest BCUT2D eigenvalue weighted by molar-refractivity contribution is -0.232. The largest absolute Gasteiger partial charge is 0.502 e. The number of hydrogen-bond donors (Lipinski definition) is 0. The minimum atomic E-state index is -1.14. The first-order chi connectivity index (χ1) is 4.80. The topological polar surface area (TPSA) is 52.5 Å². The van der Waals surface area contributed by atoms with E-state index in [-0.39, 0.29) is 0 Å². The molecule has 0 aromatic rings. The number of rotatable bonds is 0. The molecular formula is C6H5NO2S. The van der Waals surface area contributed by atoms with E-state index in [2.05, 4.69) is 4.40 Å². The number of carbonyl (C=O) groups excluding carboxylic acids is 1. The van der Waals surface area contributed by atoms with Crippen LogP contribution in [-0.2, 0) is 11.1 Å². The number of nitrogens with zero attached hydrogens (tertiary/aromatic N) is 1. The highest BCUT2D eigenvalue weighted by Crippen LogP contribution is 2.02. The minimum Gasteiger partial charge on any atom is -0.502 e. The molecule has 0 saturated carbocycles. The van der Waals surface area contributed by atoms with Crippen LogP contribution in [-0.4, -0.2) is 11.5 Å². The zero-order chi connectivity index (χ0) is 7.40. The van der Waals surface area contributed by atoms with E-state index in [0.29, 0.717) is 0 Å². The lowest BCUT2D eigenvalue weighted by atomic mass is 10.5. The smallest absolute Gasteiger partial charge is 0.309 e. The molecule has 1 rings (SSSR count). The molecule has 0 radical (unpaired) electrons. The van der Waals surface area contributed by atoms with E-state index in [9.17, 15) is 9.90 Å². The van der Waals surface area contributed by atoms with Crippen LogP contribution in [0.25, 0.3) is 0 Å². The summed E-state index contributed by atoms with van der Waals surface area (Å²) in [5.74, 6) is 0. The molecule has 0 aliphatic carbocycles. The fourth-order valence-electron chi connectivity index (χ4n) is 0.468. The third kappa shape index (κ3) is 1.73. The standard InChI is InChI=1S/C6H5NO2S/c8-6(9)10-5-3-1-2-4-7-10/h1-5H. The van der Waals surface area contributed by atoms with E-state index >= 15 is 0 Å². The van der Waals surface area contributed by atoms with Gasteiger partial charge in [-0.15, -0.1) is 0 Å². The van der Waals surface area contributed by atoms with Gasteiger partial charge in [0.1, 0.15) is 0 Å².